The minimum Gasteiger partial charge on any atom is -0.494 e. The Balaban J connectivity index is 2.73. The zero-order valence-corrected chi connectivity index (χ0v) is 10.6. The van der Waals surface area contributed by atoms with Crippen LogP contribution in [0.3, 0.4) is 0 Å². The molecule has 0 bridgehead atoms. The molecule has 0 aliphatic heterocycles. The van der Waals surface area contributed by atoms with Gasteiger partial charge in [-0.15, -0.1) is 0 Å². The molecule has 0 saturated carbocycles. The Morgan fingerprint density at radius 2 is 2.28 bits per heavy atom. The van der Waals surface area contributed by atoms with Crippen LogP contribution in [0.4, 0.5) is 4.39 Å². The van der Waals surface area contributed by atoms with Crippen molar-refractivity contribution in [2.45, 2.75) is 25.8 Å². The van der Waals surface area contributed by atoms with Gasteiger partial charge >= 0.3 is 5.97 Å². The highest BCUT2D eigenvalue weighted by Crippen LogP contribution is 2.18. The molecule has 0 aliphatic carbocycles. The normalized spacial score (nSPS) is 12.2. The Morgan fingerprint density at radius 3 is 2.78 bits per heavy atom. The smallest absolute Gasteiger partial charge is 0.304 e. The van der Waals surface area contributed by atoms with E-state index in [1.807, 2.05) is 6.92 Å². The van der Waals surface area contributed by atoms with Crippen LogP contribution in [0.2, 0.25) is 0 Å². The van der Waals surface area contributed by atoms with Gasteiger partial charge in [0.15, 0.2) is 11.6 Å². The molecule has 0 radical (unpaired) electrons. The Morgan fingerprint density at radius 1 is 1.56 bits per heavy atom. The third kappa shape index (κ3) is 4.33. The molecule has 1 aromatic carbocycles. The van der Waals surface area contributed by atoms with Gasteiger partial charge in [0, 0.05) is 6.04 Å². The molecule has 1 rings (SSSR count). The number of benzene rings is 1. The summed E-state index contributed by atoms with van der Waals surface area (Å²) < 4.78 is 18.3. The Labute approximate surface area is 106 Å². The summed E-state index contributed by atoms with van der Waals surface area (Å²) in [5.41, 5.74) is 0.750. The van der Waals surface area contributed by atoms with Crippen molar-refractivity contribution in [1.82, 2.24) is 5.32 Å². The lowest BCUT2D eigenvalue weighted by Gasteiger charge is -2.16. The first-order valence-corrected chi connectivity index (χ1v) is 5.84. The Kier molecular flexibility index (Phi) is 5.58. The summed E-state index contributed by atoms with van der Waals surface area (Å²) in [6.45, 7) is 2.58. The highest BCUT2D eigenvalue weighted by molar-refractivity contribution is 5.67. The Bertz CT molecular complexity index is 409. The molecule has 0 amide bonds. The van der Waals surface area contributed by atoms with Gasteiger partial charge in [-0.05, 0) is 30.7 Å². The summed E-state index contributed by atoms with van der Waals surface area (Å²) in [5, 5.41) is 11.9. The number of halogens is 1. The van der Waals surface area contributed by atoms with Crippen molar-refractivity contribution in [3.63, 3.8) is 0 Å². The highest BCUT2D eigenvalue weighted by Gasteiger charge is 2.13. The summed E-state index contributed by atoms with van der Waals surface area (Å²) in [6.07, 6.45) is 0.489. The average Bonchev–Trinajstić information content (AvgIpc) is 2.28. The summed E-state index contributed by atoms with van der Waals surface area (Å²) in [5.74, 6) is -1.10. The number of likely N-dealkylation sites (N-methyl/N-ethyl adjacent to an activating group) is 1. The average molecular weight is 255 g/mol. The van der Waals surface area contributed by atoms with Crippen molar-refractivity contribution in [1.29, 1.82) is 0 Å². The number of methoxy groups -OCH3 is 1. The Hall–Kier alpha value is -1.62. The van der Waals surface area contributed by atoms with E-state index < -0.39 is 11.8 Å². The predicted molar refractivity (Wildman–Crippen MR) is 66.4 cm³/mol. The number of nitrogens with one attached hydrogen (secondary N) is 1. The zero-order chi connectivity index (χ0) is 13.5. The molecule has 0 aliphatic rings. The number of carboxylic acids is 1. The van der Waals surface area contributed by atoms with Gasteiger partial charge in [0.1, 0.15) is 0 Å². The van der Waals surface area contributed by atoms with Crippen molar-refractivity contribution in [2.75, 3.05) is 13.7 Å². The summed E-state index contributed by atoms with van der Waals surface area (Å²) in [7, 11) is 1.41. The van der Waals surface area contributed by atoms with Gasteiger partial charge in [0.05, 0.1) is 13.5 Å². The molecule has 0 fully saturated rings. The summed E-state index contributed by atoms with van der Waals surface area (Å²) in [6, 6.07) is 4.48. The third-order valence-electron chi connectivity index (χ3n) is 2.61. The van der Waals surface area contributed by atoms with Gasteiger partial charge in [-0.25, -0.2) is 4.39 Å². The van der Waals surface area contributed by atoms with Crippen molar-refractivity contribution in [3.8, 4) is 5.75 Å². The molecule has 2 N–H and O–H groups in total. The van der Waals surface area contributed by atoms with Gasteiger partial charge in [0.25, 0.3) is 0 Å². The van der Waals surface area contributed by atoms with E-state index in [2.05, 4.69) is 5.32 Å². The molecular weight excluding hydrogens is 237 g/mol. The quantitative estimate of drug-likeness (QED) is 0.780. The fourth-order valence-electron chi connectivity index (χ4n) is 1.84. The fraction of sp³-hybridized carbons (Fsp3) is 0.462. The molecule has 5 heteroatoms. The first-order valence-electron chi connectivity index (χ1n) is 5.84. The first kappa shape index (κ1) is 14.4. The fourth-order valence-corrected chi connectivity index (χ4v) is 1.84. The van der Waals surface area contributed by atoms with Crippen molar-refractivity contribution >= 4 is 5.97 Å². The summed E-state index contributed by atoms with van der Waals surface area (Å²) >= 11 is 0. The minimum absolute atomic E-state index is 0.0154. The van der Waals surface area contributed by atoms with Crippen LogP contribution in [0.5, 0.6) is 5.75 Å². The van der Waals surface area contributed by atoms with Gasteiger partial charge in [-0.1, -0.05) is 13.0 Å². The summed E-state index contributed by atoms with van der Waals surface area (Å²) in [4.78, 5) is 10.7. The molecule has 0 spiro atoms. The monoisotopic (exact) mass is 255 g/mol. The maximum Gasteiger partial charge on any atom is 0.304 e. The second-order valence-corrected chi connectivity index (χ2v) is 4.03. The molecule has 18 heavy (non-hydrogen) atoms. The second-order valence-electron chi connectivity index (χ2n) is 4.03. The minimum atomic E-state index is -0.866. The number of rotatable bonds is 7. The molecule has 0 aromatic heterocycles. The zero-order valence-electron chi connectivity index (χ0n) is 10.6. The van der Waals surface area contributed by atoms with Crippen molar-refractivity contribution < 1.29 is 19.0 Å². The molecule has 0 saturated heterocycles. The van der Waals surface area contributed by atoms with Crippen LogP contribution in [0, 0.1) is 5.82 Å². The van der Waals surface area contributed by atoms with E-state index in [1.165, 1.54) is 13.2 Å². The highest BCUT2D eigenvalue weighted by atomic mass is 19.1. The van der Waals surface area contributed by atoms with Crippen LogP contribution in [-0.2, 0) is 11.2 Å². The van der Waals surface area contributed by atoms with E-state index in [0.717, 1.165) is 5.56 Å². The van der Waals surface area contributed by atoms with E-state index in [0.29, 0.717) is 13.0 Å². The van der Waals surface area contributed by atoms with E-state index in [-0.39, 0.29) is 18.2 Å². The molecule has 1 atom stereocenters. The van der Waals surface area contributed by atoms with Crippen LogP contribution >= 0.6 is 0 Å². The largest absolute Gasteiger partial charge is 0.494 e. The standard InChI is InChI=1S/C13H18FNO3/c1-3-15-10(8-13(16)17)6-9-4-5-12(18-2)11(14)7-9/h4-5,7,10,15H,3,6,8H2,1-2H3,(H,16,17). The lowest BCUT2D eigenvalue weighted by molar-refractivity contribution is -0.137. The van der Waals surface area contributed by atoms with E-state index in [9.17, 15) is 9.18 Å². The molecule has 0 heterocycles. The topological polar surface area (TPSA) is 58.6 Å². The number of carboxylic acid groups (broad SMARTS) is 1. The van der Waals surface area contributed by atoms with Gasteiger partial charge in [0.2, 0.25) is 0 Å². The third-order valence-corrected chi connectivity index (χ3v) is 2.61. The number of carbonyl (C=O) groups is 1. The number of aliphatic carboxylic acids is 1. The number of hydrogen-bond acceptors (Lipinski definition) is 3. The van der Waals surface area contributed by atoms with Crippen LogP contribution in [-0.4, -0.2) is 30.8 Å². The van der Waals surface area contributed by atoms with Crippen LogP contribution in [0.1, 0.15) is 18.9 Å². The molecule has 1 unspecified atom stereocenters. The number of ether oxygens (including phenoxy) is 1. The first-order chi connectivity index (χ1) is 8.56. The van der Waals surface area contributed by atoms with Gasteiger partial charge in [-0.2, -0.15) is 0 Å². The van der Waals surface area contributed by atoms with Crippen LogP contribution in [0.15, 0.2) is 18.2 Å². The predicted octanol–water partition coefficient (Wildman–Crippen LogP) is 1.83. The molecule has 1 aromatic rings. The van der Waals surface area contributed by atoms with E-state index in [1.54, 1.807) is 12.1 Å². The second kappa shape index (κ2) is 6.96. The maximum absolute atomic E-state index is 13.5. The molecular formula is C13H18FNO3. The van der Waals surface area contributed by atoms with Crippen molar-refractivity contribution in [3.05, 3.63) is 29.6 Å². The van der Waals surface area contributed by atoms with Gasteiger partial charge in [-0.3, -0.25) is 4.79 Å². The van der Waals surface area contributed by atoms with E-state index in [4.69, 9.17) is 9.84 Å². The molecule has 4 nitrogen and oxygen atoms in total. The van der Waals surface area contributed by atoms with Crippen molar-refractivity contribution in [2.24, 2.45) is 0 Å². The lowest BCUT2D eigenvalue weighted by Crippen LogP contribution is -2.33. The number of hydrogen-bond donors (Lipinski definition) is 2. The van der Waals surface area contributed by atoms with E-state index >= 15 is 0 Å². The van der Waals surface area contributed by atoms with Crippen LogP contribution < -0.4 is 10.1 Å². The molecule has 100 valence electrons. The lowest BCUT2D eigenvalue weighted by atomic mass is 10.0. The maximum atomic E-state index is 13.5. The van der Waals surface area contributed by atoms with Gasteiger partial charge < -0.3 is 15.2 Å². The van der Waals surface area contributed by atoms with Crippen LogP contribution in [0.25, 0.3) is 0 Å². The SMILES string of the molecule is CCNC(CC(=O)O)Cc1ccc(OC)c(F)c1.